The van der Waals surface area contributed by atoms with Crippen LogP contribution >= 0.6 is 12.2 Å². The molecule has 0 aromatic heterocycles. The highest BCUT2D eigenvalue weighted by Crippen LogP contribution is 2.23. The fraction of sp³-hybridized carbons (Fsp3) is 0.429. The zero-order chi connectivity index (χ0) is 16.5. The van der Waals surface area contributed by atoms with Crippen molar-refractivity contribution in [3.63, 3.8) is 0 Å². The van der Waals surface area contributed by atoms with Crippen molar-refractivity contribution in [2.45, 2.75) is 13.0 Å². The van der Waals surface area contributed by atoms with E-state index in [0.717, 1.165) is 0 Å². The van der Waals surface area contributed by atoms with Crippen LogP contribution in [-0.4, -0.2) is 45.0 Å². The fourth-order valence-corrected chi connectivity index (χ4v) is 1.98. The molecule has 1 aromatic rings. The van der Waals surface area contributed by atoms with Gasteiger partial charge in [0.2, 0.25) is 0 Å². The van der Waals surface area contributed by atoms with Crippen molar-refractivity contribution in [3.8, 4) is 11.5 Å². The largest absolute Gasteiger partial charge is 0.497 e. The number of ether oxygens (including phenoxy) is 3. The highest BCUT2D eigenvalue weighted by Gasteiger charge is 2.14. The summed E-state index contributed by atoms with van der Waals surface area (Å²) in [5.41, 5.74) is 5.47. The first-order valence-electron chi connectivity index (χ1n) is 6.59. The first kappa shape index (κ1) is 18.0. The summed E-state index contributed by atoms with van der Waals surface area (Å²) in [6.07, 6.45) is 0. The molecule has 1 atom stereocenters. The number of carbonyl (C=O) groups is 1. The number of amides is 1. The van der Waals surface area contributed by atoms with E-state index in [9.17, 15) is 4.79 Å². The Morgan fingerprint density at radius 2 is 1.95 bits per heavy atom. The van der Waals surface area contributed by atoms with Crippen LogP contribution < -0.4 is 25.6 Å². The number of thiocarbonyl (C=S) groups is 1. The van der Waals surface area contributed by atoms with Crippen LogP contribution in [0.1, 0.15) is 17.3 Å². The molecule has 122 valence electrons. The molecule has 0 saturated carbocycles. The Kier molecular flexibility index (Phi) is 7.41. The number of methoxy groups -OCH3 is 3. The van der Waals surface area contributed by atoms with Gasteiger partial charge in [0.1, 0.15) is 11.5 Å². The predicted molar refractivity (Wildman–Crippen MR) is 87.2 cm³/mol. The van der Waals surface area contributed by atoms with Crippen LogP contribution in [0, 0.1) is 0 Å². The fourth-order valence-electron chi connectivity index (χ4n) is 1.72. The van der Waals surface area contributed by atoms with Gasteiger partial charge in [0.25, 0.3) is 5.91 Å². The number of benzene rings is 1. The lowest BCUT2D eigenvalue weighted by molar-refractivity contribution is 0.0940. The van der Waals surface area contributed by atoms with Gasteiger partial charge in [0.15, 0.2) is 5.11 Å². The van der Waals surface area contributed by atoms with Crippen molar-refractivity contribution in [1.82, 2.24) is 16.2 Å². The molecule has 0 aliphatic rings. The molecule has 0 spiro atoms. The van der Waals surface area contributed by atoms with Crippen molar-refractivity contribution in [2.24, 2.45) is 0 Å². The van der Waals surface area contributed by atoms with Gasteiger partial charge in [-0.3, -0.25) is 15.6 Å². The van der Waals surface area contributed by atoms with Gasteiger partial charge in [-0.25, -0.2) is 0 Å². The number of nitrogens with one attached hydrogen (secondary N) is 3. The lowest BCUT2D eigenvalue weighted by atomic mass is 10.2. The molecule has 0 heterocycles. The summed E-state index contributed by atoms with van der Waals surface area (Å²) in [4.78, 5) is 12.2. The maximum atomic E-state index is 12.2. The monoisotopic (exact) mass is 327 g/mol. The standard InChI is InChI=1S/C14H21N3O4S/c1-9(8-19-2)15-14(22)17-16-13(18)11-7-10(20-3)5-6-12(11)21-4/h5-7,9H,8H2,1-4H3,(H,16,18)(H2,15,17,22)/t9-/m0/s1. The molecule has 0 unspecified atom stereocenters. The summed E-state index contributed by atoms with van der Waals surface area (Å²) < 4.78 is 15.2. The maximum absolute atomic E-state index is 12.2. The second-order valence-corrected chi connectivity index (χ2v) is 4.88. The van der Waals surface area contributed by atoms with Gasteiger partial charge < -0.3 is 19.5 Å². The van der Waals surface area contributed by atoms with E-state index in [0.29, 0.717) is 28.8 Å². The molecule has 8 heteroatoms. The average molecular weight is 327 g/mol. The molecule has 1 rings (SSSR count). The number of rotatable bonds is 6. The second-order valence-electron chi connectivity index (χ2n) is 4.48. The van der Waals surface area contributed by atoms with E-state index in [2.05, 4.69) is 16.2 Å². The predicted octanol–water partition coefficient (Wildman–Crippen LogP) is 0.848. The lowest BCUT2D eigenvalue weighted by Crippen LogP contribution is -2.50. The molecule has 0 aliphatic heterocycles. The van der Waals surface area contributed by atoms with Crippen molar-refractivity contribution >= 4 is 23.2 Å². The molecule has 0 aliphatic carbocycles. The van der Waals surface area contributed by atoms with Crippen LogP contribution in [0.15, 0.2) is 18.2 Å². The van der Waals surface area contributed by atoms with Gasteiger partial charge in [-0.1, -0.05) is 0 Å². The number of hydrogen-bond donors (Lipinski definition) is 3. The van der Waals surface area contributed by atoms with Crippen LogP contribution in [0.3, 0.4) is 0 Å². The molecule has 0 radical (unpaired) electrons. The molecule has 3 N–H and O–H groups in total. The minimum atomic E-state index is -0.390. The van der Waals surface area contributed by atoms with Crippen LogP contribution in [0.2, 0.25) is 0 Å². The topological polar surface area (TPSA) is 80.9 Å². The van der Waals surface area contributed by atoms with Gasteiger partial charge in [-0.05, 0) is 37.3 Å². The summed E-state index contributed by atoms with van der Waals surface area (Å²) in [5, 5.41) is 3.25. The summed E-state index contributed by atoms with van der Waals surface area (Å²) in [6, 6.07) is 4.97. The molecule has 0 fully saturated rings. The van der Waals surface area contributed by atoms with E-state index in [4.69, 9.17) is 26.4 Å². The Morgan fingerprint density at radius 3 is 2.55 bits per heavy atom. The van der Waals surface area contributed by atoms with E-state index >= 15 is 0 Å². The highest BCUT2D eigenvalue weighted by atomic mass is 32.1. The third kappa shape index (κ3) is 5.38. The molecule has 1 amide bonds. The molecular weight excluding hydrogens is 306 g/mol. The normalized spacial score (nSPS) is 11.3. The maximum Gasteiger partial charge on any atom is 0.273 e. The van der Waals surface area contributed by atoms with E-state index in [1.54, 1.807) is 25.3 Å². The Morgan fingerprint density at radius 1 is 1.23 bits per heavy atom. The third-order valence-electron chi connectivity index (χ3n) is 2.73. The quantitative estimate of drug-likeness (QED) is 0.528. The van der Waals surface area contributed by atoms with E-state index in [1.807, 2.05) is 6.92 Å². The molecule has 1 aromatic carbocycles. The van der Waals surface area contributed by atoms with Crippen LogP contribution in [-0.2, 0) is 4.74 Å². The summed E-state index contributed by atoms with van der Waals surface area (Å²) in [7, 11) is 4.62. The number of carbonyl (C=O) groups excluding carboxylic acids is 1. The Hall–Kier alpha value is -2.06. The molecule has 7 nitrogen and oxygen atoms in total. The summed E-state index contributed by atoms with van der Waals surface area (Å²) in [5.74, 6) is 0.603. The van der Waals surface area contributed by atoms with Crippen molar-refractivity contribution in [1.29, 1.82) is 0 Å². The average Bonchev–Trinajstić information content (AvgIpc) is 2.52. The molecule has 0 saturated heterocycles. The Labute approximate surface area is 135 Å². The minimum Gasteiger partial charge on any atom is -0.497 e. The Bertz CT molecular complexity index is 525. The van der Waals surface area contributed by atoms with E-state index in [-0.39, 0.29) is 11.9 Å². The third-order valence-corrected chi connectivity index (χ3v) is 2.95. The van der Waals surface area contributed by atoms with Gasteiger partial charge >= 0.3 is 0 Å². The van der Waals surface area contributed by atoms with Crippen molar-refractivity contribution in [2.75, 3.05) is 27.9 Å². The zero-order valence-electron chi connectivity index (χ0n) is 13.1. The summed E-state index contributed by atoms with van der Waals surface area (Å²) in [6.45, 7) is 2.41. The smallest absolute Gasteiger partial charge is 0.273 e. The van der Waals surface area contributed by atoms with E-state index < -0.39 is 0 Å². The number of hydrogen-bond acceptors (Lipinski definition) is 5. The summed E-state index contributed by atoms with van der Waals surface area (Å²) >= 11 is 5.07. The van der Waals surface area contributed by atoms with Gasteiger partial charge in [-0.2, -0.15) is 0 Å². The van der Waals surface area contributed by atoms with Gasteiger partial charge in [-0.15, -0.1) is 0 Å². The van der Waals surface area contributed by atoms with Crippen molar-refractivity contribution < 1.29 is 19.0 Å². The van der Waals surface area contributed by atoms with Gasteiger partial charge in [0.05, 0.1) is 26.4 Å². The molecule has 0 bridgehead atoms. The minimum absolute atomic E-state index is 0.0215. The zero-order valence-corrected chi connectivity index (χ0v) is 13.9. The lowest BCUT2D eigenvalue weighted by Gasteiger charge is -2.17. The molecule has 22 heavy (non-hydrogen) atoms. The van der Waals surface area contributed by atoms with Crippen LogP contribution in [0.5, 0.6) is 11.5 Å². The van der Waals surface area contributed by atoms with Crippen LogP contribution in [0.4, 0.5) is 0 Å². The van der Waals surface area contributed by atoms with Crippen molar-refractivity contribution in [3.05, 3.63) is 23.8 Å². The first-order valence-corrected chi connectivity index (χ1v) is 7.00. The van der Waals surface area contributed by atoms with Crippen LogP contribution in [0.25, 0.3) is 0 Å². The first-order chi connectivity index (χ1) is 10.5. The highest BCUT2D eigenvalue weighted by molar-refractivity contribution is 7.80. The SMILES string of the molecule is COC[C@H](C)NC(=S)NNC(=O)c1cc(OC)ccc1OC. The van der Waals surface area contributed by atoms with Gasteiger partial charge in [0, 0.05) is 13.2 Å². The molecular formula is C14H21N3O4S. The second kappa shape index (κ2) is 9.06. The van der Waals surface area contributed by atoms with E-state index in [1.165, 1.54) is 14.2 Å². The Balaban J connectivity index is 2.63. The number of hydrazine groups is 1.